The maximum atomic E-state index is 12.4. The Kier molecular flexibility index (Phi) is 4.73. The van der Waals surface area contributed by atoms with E-state index in [0.29, 0.717) is 13.2 Å². The van der Waals surface area contributed by atoms with Gasteiger partial charge >= 0.3 is 6.18 Å². The van der Waals surface area contributed by atoms with E-state index in [4.69, 9.17) is 15.3 Å². The van der Waals surface area contributed by atoms with Crippen molar-refractivity contribution < 1.29 is 22.7 Å². The summed E-state index contributed by atoms with van der Waals surface area (Å²) in [5.41, 5.74) is -2.35. The Labute approximate surface area is 108 Å². The van der Waals surface area contributed by atoms with Gasteiger partial charge < -0.3 is 9.64 Å². The summed E-state index contributed by atoms with van der Waals surface area (Å²) < 4.78 is 42.1. The topological polar surface area (TPSA) is 77.1 Å². The quantitative estimate of drug-likeness (QED) is 0.776. The second-order valence-corrected chi connectivity index (χ2v) is 4.27. The van der Waals surface area contributed by atoms with E-state index < -0.39 is 30.3 Å². The molecule has 1 aliphatic rings. The summed E-state index contributed by atoms with van der Waals surface area (Å²) in [6.45, 7) is 1.13. The molecule has 104 valence electrons. The predicted octanol–water partition coefficient (Wildman–Crippen LogP) is 1.22. The van der Waals surface area contributed by atoms with Crippen LogP contribution in [0.4, 0.5) is 13.2 Å². The Balaban J connectivity index is 2.76. The number of hydrogen-bond acceptors (Lipinski definition) is 4. The zero-order chi connectivity index (χ0) is 14.5. The Bertz CT molecular complexity index is 402. The highest BCUT2D eigenvalue weighted by atomic mass is 19.4. The first kappa shape index (κ1) is 15.3. The van der Waals surface area contributed by atoms with Gasteiger partial charge in [0.05, 0.1) is 38.2 Å². The summed E-state index contributed by atoms with van der Waals surface area (Å²) in [4.78, 5) is 13.1. The van der Waals surface area contributed by atoms with E-state index >= 15 is 0 Å². The van der Waals surface area contributed by atoms with Crippen molar-refractivity contribution in [3.8, 4) is 12.1 Å². The Morgan fingerprint density at radius 1 is 1.21 bits per heavy atom. The zero-order valence-electron chi connectivity index (χ0n) is 10.0. The second kappa shape index (κ2) is 5.89. The molecule has 19 heavy (non-hydrogen) atoms. The van der Waals surface area contributed by atoms with Gasteiger partial charge in [-0.05, 0) is 0 Å². The molecule has 0 aromatic rings. The third-order valence-corrected chi connectivity index (χ3v) is 2.75. The van der Waals surface area contributed by atoms with Crippen molar-refractivity contribution in [1.82, 2.24) is 4.90 Å². The standard InChI is InChI=1S/C11H12F3N3O2/c12-11(13,14)6-10(7-15,8-16)5-9(18)17-1-3-19-4-2-17/h1-6H2. The summed E-state index contributed by atoms with van der Waals surface area (Å²) in [6.07, 6.45) is -7.03. The number of nitrogens with zero attached hydrogens (tertiary/aromatic N) is 3. The van der Waals surface area contributed by atoms with E-state index in [1.165, 1.54) is 17.0 Å². The zero-order valence-corrected chi connectivity index (χ0v) is 10.0. The number of nitriles is 2. The number of alkyl halides is 3. The van der Waals surface area contributed by atoms with Crippen LogP contribution in [0.25, 0.3) is 0 Å². The third-order valence-electron chi connectivity index (χ3n) is 2.75. The van der Waals surface area contributed by atoms with Gasteiger partial charge in [0.2, 0.25) is 5.91 Å². The molecule has 0 atom stereocenters. The lowest BCUT2D eigenvalue weighted by Crippen LogP contribution is -2.43. The van der Waals surface area contributed by atoms with Crippen LogP contribution in [0.2, 0.25) is 0 Å². The largest absolute Gasteiger partial charge is 0.391 e. The molecule has 0 aliphatic carbocycles. The highest BCUT2D eigenvalue weighted by Crippen LogP contribution is 2.36. The number of halogens is 3. The fourth-order valence-corrected chi connectivity index (χ4v) is 1.77. The monoisotopic (exact) mass is 275 g/mol. The minimum atomic E-state index is -4.67. The van der Waals surface area contributed by atoms with Crippen LogP contribution in [-0.4, -0.2) is 43.3 Å². The summed E-state index contributed by atoms with van der Waals surface area (Å²) >= 11 is 0. The molecule has 0 saturated carbocycles. The molecule has 1 amide bonds. The van der Waals surface area contributed by atoms with E-state index in [1.807, 2.05) is 0 Å². The van der Waals surface area contributed by atoms with E-state index in [9.17, 15) is 18.0 Å². The van der Waals surface area contributed by atoms with Gasteiger partial charge in [-0.25, -0.2) is 0 Å². The molecular formula is C11H12F3N3O2. The highest BCUT2D eigenvalue weighted by Gasteiger charge is 2.45. The molecule has 0 aromatic heterocycles. The van der Waals surface area contributed by atoms with E-state index in [-0.39, 0.29) is 13.1 Å². The normalized spacial score (nSPS) is 16.6. The minimum absolute atomic E-state index is 0.262. The Hall–Kier alpha value is -1.80. The van der Waals surface area contributed by atoms with E-state index in [0.717, 1.165) is 0 Å². The molecule has 1 saturated heterocycles. The van der Waals surface area contributed by atoms with Gasteiger partial charge in [-0.2, -0.15) is 23.7 Å². The highest BCUT2D eigenvalue weighted by molar-refractivity contribution is 5.78. The van der Waals surface area contributed by atoms with Gasteiger partial charge in [0, 0.05) is 13.1 Å². The van der Waals surface area contributed by atoms with Crippen molar-refractivity contribution in [2.75, 3.05) is 26.3 Å². The molecule has 1 fully saturated rings. The first-order chi connectivity index (χ1) is 8.82. The molecule has 0 spiro atoms. The van der Waals surface area contributed by atoms with Crippen LogP contribution in [0.1, 0.15) is 12.8 Å². The van der Waals surface area contributed by atoms with Crippen LogP contribution >= 0.6 is 0 Å². The van der Waals surface area contributed by atoms with Crippen molar-refractivity contribution in [1.29, 1.82) is 10.5 Å². The van der Waals surface area contributed by atoms with Crippen molar-refractivity contribution in [2.24, 2.45) is 5.41 Å². The molecule has 0 bridgehead atoms. The predicted molar refractivity (Wildman–Crippen MR) is 56.3 cm³/mol. The number of morpholine rings is 1. The van der Waals surface area contributed by atoms with E-state index in [2.05, 4.69) is 0 Å². The molecular weight excluding hydrogens is 263 g/mol. The number of hydrogen-bond donors (Lipinski definition) is 0. The molecule has 8 heteroatoms. The lowest BCUT2D eigenvalue weighted by Gasteiger charge is -2.29. The number of carbonyl (C=O) groups is 1. The molecule has 0 radical (unpaired) electrons. The summed E-state index contributed by atoms with van der Waals surface area (Å²) in [6, 6.07) is 2.66. The lowest BCUT2D eigenvalue weighted by atomic mass is 9.83. The second-order valence-electron chi connectivity index (χ2n) is 4.27. The lowest BCUT2D eigenvalue weighted by molar-refractivity contribution is -0.152. The molecule has 0 N–H and O–H groups in total. The Morgan fingerprint density at radius 2 is 1.74 bits per heavy atom. The maximum Gasteiger partial charge on any atom is 0.391 e. The van der Waals surface area contributed by atoms with Gasteiger partial charge in [-0.15, -0.1) is 0 Å². The number of carbonyl (C=O) groups excluding carboxylic acids is 1. The number of amides is 1. The first-order valence-corrected chi connectivity index (χ1v) is 5.57. The number of rotatable bonds is 3. The average Bonchev–Trinajstić information content (AvgIpc) is 2.37. The van der Waals surface area contributed by atoms with Gasteiger partial charge in [0.25, 0.3) is 0 Å². The van der Waals surface area contributed by atoms with Crippen LogP contribution in [-0.2, 0) is 9.53 Å². The Morgan fingerprint density at radius 3 is 2.16 bits per heavy atom. The fraction of sp³-hybridized carbons (Fsp3) is 0.727. The van der Waals surface area contributed by atoms with Crippen molar-refractivity contribution in [3.63, 3.8) is 0 Å². The molecule has 5 nitrogen and oxygen atoms in total. The minimum Gasteiger partial charge on any atom is -0.378 e. The van der Waals surface area contributed by atoms with Gasteiger partial charge in [-0.3, -0.25) is 4.79 Å². The summed E-state index contributed by atoms with van der Waals surface area (Å²) in [7, 11) is 0. The molecule has 1 aliphatic heterocycles. The molecule has 0 unspecified atom stereocenters. The van der Waals surface area contributed by atoms with Gasteiger partial charge in [-0.1, -0.05) is 0 Å². The summed E-state index contributed by atoms with van der Waals surface area (Å²) in [5, 5.41) is 17.6. The van der Waals surface area contributed by atoms with E-state index in [1.54, 1.807) is 0 Å². The average molecular weight is 275 g/mol. The van der Waals surface area contributed by atoms with Gasteiger partial charge in [0.1, 0.15) is 0 Å². The number of ether oxygens (including phenoxy) is 1. The summed E-state index contributed by atoms with van der Waals surface area (Å²) in [5.74, 6) is -0.629. The van der Waals surface area contributed by atoms with Crippen LogP contribution in [0.3, 0.4) is 0 Å². The molecule has 0 aromatic carbocycles. The van der Waals surface area contributed by atoms with Crippen molar-refractivity contribution >= 4 is 5.91 Å². The van der Waals surface area contributed by atoms with Crippen LogP contribution in [0.5, 0.6) is 0 Å². The molecule has 1 rings (SSSR count). The maximum absolute atomic E-state index is 12.4. The van der Waals surface area contributed by atoms with Gasteiger partial charge in [0.15, 0.2) is 5.41 Å². The van der Waals surface area contributed by atoms with Crippen LogP contribution in [0, 0.1) is 28.1 Å². The smallest absolute Gasteiger partial charge is 0.378 e. The van der Waals surface area contributed by atoms with Crippen LogP contribution in [0.15, 0.2) is 0 Å². The third kappa shape index (κ3) is 4.42. The van der Waals surface area contributed by atoms with Crippen LogP contribution < -0.4 is 0 Å². The van der Waals surface area contributed by atoms with Crippen molar-refractivity contribution in [3.05, 3.63) is 0 Å². The first-order valence-electron chi connectivity index (χ1n) is 5.57. The fourth-order valence-electron chi connectivity index (χ4n) is 1.77. The SMILES string of the molecule is N#CC(C#N)(CC(=O)N1CCOCC1)CC(F)(F)F. The molecule has 1 heterocycles. The van der Waals surface area contributed by atoms with Crippen molar-refractivity contribution in [2.45, 2.75) is 19.0 Å².